The third-order valence-electron chi connectivity index (χ3n) is 2.52. The summed E-state index contributed by atoms with van der Waals surface area (Å²) in [6.07, 6.45) is 1.53. The molecule has 0 aromatic rings. The minimum Gasteiger partial charge on any atom is -0.444 e. The highest BCUT2D eigenvalue weighted by Crippen LogP contribution is 2.18. The third-order valence-corrected chi connectivity index (χ3v) is 3.01. The summed E-state index contributed by atoms with van der Waals surface area (Å²) in [5, 5.41) is 0. The van der Waals surface area contributed by atoms with Crippen LogP contribution in [0.5, 0.6) is 0 Å². The Bertz CT molecular complexity index is 488. The van der Waals surface area contributed by atoms with E-state index in [1.165, 1.54) is 4.90 Å². The van der Waals surface area contributed by atoms with Gasteiger partial charge in [-0.1, -0.05) is 0 Å². The van der Waals surface area contributed by atoms with E-state index in [1.807, 2.05) is 4.72 Å². The minimum absolute atomic E-state index is 0.129. The van der Waals surface area contributed by atoms with Crippen molar-refractivity contribution in [3.8, 4) is 0 Å². The second-order valence-corrected chi connectivity index (χ2v) is 7.53. The van der Waals surface area contributed by atoms with Crippen LogP contribution < -0.4 is 4.72 Å². The summed E-state index contributed by atoms with van der Waals surface area (Å²) in [6.45, 7) is 3.81. The molecule has 1 N–H and O–H groups in total. The van der Waals surface area contributed by atoms with E-state index in [0.717, 1.165) is 6.26 Å². The van der Waals surface area contributed by atoms with Crippen LogP contribution in [0.3, 0.4) is 0 Å². The molecule has 1 aliphatic heterocycles. The molecule has 1 amide bonds. The topological polar surface area (TPSA) is 75.7 Å². The summed E-state index contributed by atoms with van der Waals surface area (Å²) in [5.74, 6) is -0.603. The Morgan fingerprint density at radius 1 is 1.53 bits per heavy atom. The van der Waals surface area contributed by atoms with Gasteiger partial charge in [-0.15, -0.1) is 0 Å². The molecule has 7 heteroatoms. The van der Waals surface area contributed by atoms with Crippen LogP contribution >= 0.6 is 0 Å². The fraction of sp³-hybridized carbons (Fsp3) is 0.917. The van der Waals surface area contributed by atoms with E-state index in [-0.39, 0.29) is 6.54 Å². The predicted molar refractivity (Wildman–Crippen MR) is 73.4 cm³/mol. The van der Waals surface area contributed by atoms with Crippen LogP contribution in [0.25, 0.3) is 0 Å². The number of carbonyl (C=O) groups excluding carboxylic acids is 1. The summed E-state index contributed by atoms with van der Waals surface area (Å²) in [6, 6.07) is 0. The number of nitrogens with zero attached hydrogens (tertiary/aromatic N) is 1. The first-order valence-corrected chi connectivity index (χ1v) is 8.16. The average Bonchev–Trinajstić information content (AvgIpc) is 2.23. The van der Waals surface area contributed by atoms with E-state index in [2.05, 4.69) is 0 Å². The SMILES string of the molecule is [2H]C([2H])(NS(C)(=O)=O)[C@H]1CCCN(C(=O)OC(C)(C)C)C1. The quantitative estimate of drug-likeness (QED) is 0.848. The molecule has 0 saturated carbocycles. The van der Waals surface area contributed by atoms with Crippen molar-refractivity contribution >= 4 is 16.1 Å². The van der Waals surface area contributed by atoms with Crippen molar-refractivity contribution in [3.63, 3.8) is 0 Å². The molecule has 0 aromatic heterocycles. The zero-order valence-electron chi connectivity index (χ0n) is 13.9. The highest BCUT2D eigenvalue weighted by Gasteiger charge is 2.27. The van der Waals surface area contributed by atoms with Gasteiger partial charge in [-0.05, 0) is 39.5 Å². The van der Waals surface area contributed by atoms with Gasteiger partial charge >= 0.3 is 6.09 Å². The zero-order valence-corrected chi connectivity index (χ0v) is 12.7. The number of amides is 1. The highest BCUT2D eigenvalue weighted by molar-refractivity contribution is 7.88. The molecule has 0 spiro atoms. The lowest BCUT2D eigenvalue weighted by molar-refractivity contribution is 0.0169. The van der Waals surface area contributed by atoms with Crippen molar-refractivity contribution in [1.29, 1.82) is 0 Å². The van der Waals surface area contributed by atoms with Gasteiger partial charge in [0.25, 0.3) is 0 Å². The molecule has 19 heavy (non-hydrogen) atoms. The van der Waals surface area contributed by atoms with E-state index in [9.17, 15) is 13.2 Å². The smallest absolute Gasteiger partial charge is 0.410 e. The number of sulfonamides is 1. The van der Waals surface area contributed by atoms with Crippen LogP contribution in [0.4, 0.5) is 4.79 Å². The van der Waals surface area contributed by atoms with Crippen molar-refractivity contribution in [2.45, 2.75) is 39.2 Å². The number of hydrogen-bond donors (Lipinski definition) is 1. The minimum atomic E-state index is -3.66. The van der Waals surface area contributed by atoms with Crippen molar-refractivity contribution in [2.75, 3.05) is 25.8 Å². The Kier molecular flexibility index (Phi) is 4.22. The third kappa shape index (κ3) is 6.77. The van der Waals surface area contributed by atoms with Crippen molar-refractivity contribution in [2.24, 2.45) is 5.92 Å². The fourth-order valence-corrected chi connectivity index (χ4v) is 2.16. The van der Waals surface area contributed by atoms with Gasteiger partial charge in [0.1, 0.15) is 5.60 Å². The molecule has 0 aliphatic carbocycles. The predicted octanol–water partition coefficient (Wildman–Crippen LogP) is 1.18. The van der Waals surface area contributed by atoms with Gasteiger partial charge < -0.3 is 9.64 Å². The maximum atomic E-state index is 12.0. The van der Waals surface area contributed by atoms with Gasteiger partial charge in [0.15, 0.2) is 0 Å². The molecular formula is C12H24N2O4S. The molecule has 112 valence electrons. The Morgan fingerprint density at radius 2 is 2.16 bits per heavy atom. The standard InChI is InChI=1S/C12H24N2O4S/c1-12(2,3)18-11(15)14-7-5-6-10(9-14)8-13-19(4,16)17/h10,13H,5-9H2,1-4H3/t10-/m1/s1/i8D2. The molecule has 1 rings (SSSR count). The molecule has 0 bridgehead atoms. The van der Waals surface area contributed by atoms with Crippen LogP contribution in [0.15, 0.2) is 0 Å². The number of nitrogens with one attached hydrogen (secondary N) is 1. The molecule has 1 fully saturated rings. The summed E-state index contributed by atoms with van der Waals surface area (Å²) in [4.78, 5) is 13.4. The van der Waals surface area contributed by atoms with Crippen molar-refractivity contribution in [1.82, 2.24) is 9.62 Å². The lowest BCUT2D eigenvalue weighted by Crippen LogP contribution is -2.45. The van der Waals surface area contributed by atoms with Crippen LogP contribution in [0, 0.1) is 5.92 Å². The molecule has 1 heterocycles. The van der Waals surface area contributed by atoms with Crippen LogP contribution in [-0.2, 0) is 14.8 Å². The Hall–Kier alpha value is -0.820. The number of rotatable bonds is 3. The van der Waals surface area contributed by atoms with E-state index in [4.69, 9.17) is 7.48 Å². The Labute approximate surface area is 118 Å². The van der Waals surface area contributed by atoms with Gasteiger partial charge in [0, 0.05) is 22.3 Å². The highest BCUT2D eigenvalue weighted by atomic mass is 32.2. The van der Waals surface area contributed by atoms with Crippen molar-refractivity contribution < 1.29 is 20.7 Å². The maximum absolute atomic E-state index is 12.0. The molecule has 1 aliphatic rings. The van der Waals surface area contributed by atoms with Crippen molar-refractivity contribution in [3.05, 3.63) is 0 Å². The Morgan fingerprint density at radius 3 is 2.68 bits per heavy atom. The maximum Gasteiger partial charge on any atom is 0.410 e. The molecule has 0 radical (unpaired) electrons. The van der Waals surface area contributed by atoms with Gasteiger partial charge in [0.05, 0.1) is 6.26 Å². The normalized spacial score (nSPS) is 23.6. The van der Waals surface area contributed by atoms with E-state index in [1.54, 1.807) is 20.8 Å². The molecule has 1 atom stereocenters. The molecule has 1 saturated heterocycles. The molecule has 6 nitrogen and oxygen atoms in total. The van der Waals surface area contributed by atoms with Crippen LogP contribution in [0.1, 0.15) is 36.4 Å². The van der Waals surface area contributed by atoms with E-state index >= 15 is 0 Å². The lowest BCUT2D eigenvalue weighted by atomic mass is 9.99. The summed E-state index contributed by atoms with van der Waals surface area (Å²) >= 11 is 0. The number of piperidine rings is 1. The fourth-order valence-electron chi connectivity index (χ4n) is 1.78. The summed E-state index contributed by atoms with van der Waals surface area (Å²) in [7, 11) is -3.66. The second-order valence-electron chi connectivity index (χ2n) is 5.78. The second kappa shape index (κ2) is 6.09. The van der Waals surface area contributed by atoms with Gasteiger partial charge in [-0.2, -0.15) is 0 Å². The summed E-state index contributed by atoms with van der Waals surface area (Å²) in [5.41, 5.74) is -0.617. The monoisotopic (exact) mass is 294 g/mol. The summed E-state index contributed by atoms with van der Waals surface area (Å²) < 4.78 is 45.5. The van der Waals surface area contributed by atoms with E-state index < -0.39 is 34.1 Å². The molecule has 0 aromatic carbocycles. The zero-order chi connectivity index (χ0) is 16.5. The van der Waals surface area contributed by atoms with Gasteiger partial charge in [-0.3, -0.25) is 0 Å². The van der Waals surface area contributed by atoms with Gasteiger partial charge in [-0.25, -0.2) is 17.9 Å². The number of carbonyl (C=O) groups is 1. The number of ether oxygens (including phenoxy) is 1. The molecular weight excluding hydrogens is 268 g/mol. The largest absolute Gasteiger partial charge is 0.444 e. The van der Waals surface area contributed by atoms with Crippen LogP contribution in [-0.4, -0.2) is 50.9 Å². The first-order chi connectivity index (χ1) is 9.30. The average molecular weight is 294 g/mol. The lowest BCUT2D eigenvalue weighted by Gasteiger charge is -2.34. The number of likely N-dealkylation sites (tertiary alicyclic amines) is 1. The van der Waals surface area contributed by atoms with Gasteiger partial charge in [0.2, 0.25) is 10.0 Å². The first-order valence-electron chi connectivity index (χ1n) is 7.27. The first kappa shape index (κ1) is 13.2. The molecule has 0 unspecified atom stereocenters. The number of hydrogen-bond acceptors (Lipinski definition) is 4. The van der Waals surface area contributed by atoms with Crippen LogP contribution in [0.2, 0.25) is 0 Å². The van der Waals surface area contributed by atoms with E-state index in [0.29, 0.717) is 19.4 Å². The Balaban J connectivity index is 2.74.